The number of rotatable bonds is 13. The fourth-order valence-electron chi connectivity index (χ4n) is 6.28. The van der Waals surface area contributed by atoms with Crippen LogP contribution in [0.15, 0.2) is 114 Å². The van der Waals surface area contributed by atoms with Crippen molar-refractivity contribution in [3.05, 3.63) is 158 Å². The van der Waals surface area contributed by atoms with Crippen LogP contribution < -0.4 is 20.3 Å². The second-order valence-electron chi connectivity index (χ2n) is 12.8. The molecule has 0 aliphatic rings. The van der Waals surface area contributed by atoms with Gasteiger partial charge in [-0.1, -0.05) is 91.0 Å². The number of ether oxygens (including phenoxy) is 2. The third kappa shape index (κ3) is 8.94. The zero-order valence-electron chi connectivity index (χ0n) is 30.5. The van der Waals surface area contributed by atoms with Gasteiger partial charge in [-0.3, -0.25) is 9.36 Å². The number of aryl methyl sites for hydroxylation is 2. The number of aromatic amines is 1. The molecule has 3 heterocycles. The van der Waals surface area contributed by atoms with Crippen molar-refractivity contribution in [1.82, 2.24) is 40.5 Å². The standard InChI is InChI=1S/C40H33N9O8/c1-24-36-34(57-40(52)43-33(20-26-9-4-3-5-10-26)39(51)56-30-12-8-11-28(19-30)23-55-49(53)54)21-35(50)48(38(36)42-25(2)41-24)22-27-15-17-29(18-16-27)31-13-6-7-14-32(31)37-44-46-47-45-37/h3-19,21,33H,20,22-23H2,1-2H3,(H,43,52)(H,44,45,46,47). The number of tetrazole rings is 1. The van der Waals surface area contributed by atoms with E-state index in [4.69, 9.17) is 9.47 Å². The lowest BCUT2D eigenvalue weighted by molar-refractivity contribution is -0.763. The molecule has 0 aliphatic heterocycles. The molecule has 7 rings (SSSR count). The summed E-state index contributed by atoms with van der Waals surface area (Å²) in [6.45, 7) is 3.21. The molecule has 1 amide bonds. The molecule has 17 nitrogen and oxygen atoms in total. The van der Waals surface area contributed by atoms with E-state index in [0.29, 0.717) is 33.9 Å². The van der Waals surface area contributed by atoms with Crippen LogP contribution >= 0.6 is 0 Å². The quantitative estimate of drug-likeness (QED) is 0.0658. The van der Waals surface area contributed by atoms with E-state index in [-0.39, 0.29) is 36.7 Å². The molecule has 286 valence electrons. The number of esters is 1. The molecule has 2 N–H and O–H groups in total. The Labute approximate surface area is 323 Å². The van der Waals surface area contributed by atoms with Gasteiger partial charge < -0.3 is 19.6 Å². The molecule has 0 fully saturated rings. The highest BCUT2D eigenvalue weighted by Gasteiger charge is 2.26. The van der Waals surface area contributed by atoms with Gasteiger partial charge in [0.05, 0.1) is 17.6 Å². The van der Waals surface area contributed by atoms with Crippen molar-refractivity contribution in [2.45, 2.75) is 39.5 Å². The van der Waals surface area contributed by atoms with Gasteiger partial charge in [0.25, 0.3) is 10.6 Å². The van der Waals surface area contributed by atoms with Crippen LogP contribution in [0.1, 0.15) is 28.2 Å². The summed E-state index contributed by atoms with van der Waals surface area (Å²) in [5, 5.41) is 27.0. The maximum Gasteiger partial charge on any atom is 0.413 e. The normalized spacial score (nSPS) is 11.5. The molecule has 0 radical (unpaired) electrons. The molecular weight excluding hydrogens is 734 g/mol. The minimum absolute atomic E-state index is 0.0318. The second-order valence-corrected chi connectivity index (χ2v) is 12.8. The Morgan fingerprint density at radius 2 is 1.60 bits per heavy atom. The van der Waals surface area contributed by atoms with E-state index in [1.807, 2.05) is 54.6 Å². The fourth-order valence-corrected chi connectivity index (χ4v) is 6.28. The van der Waals surface area contributed by atoms with Crippen LogP contribution in [-0.4, -0.2) is 58.4 Å². The van der Waals surface area contributed by atoms with Crippen LogP contribution in [0, 0.1) is 24.0 Å². The third-order valence-electron chi connectivity index (χ3n) is 8.84. The number of H-pyrrole nitrogens is 1. The predicted molar refractivity (Wildman–Crippen MR) is 204 cm³/mol. The molecule has 0 spiro atoms. The number of carbonyl (C=O) groups excluding carboxylic acids is 2. The molecule has 1 atom stereocenters. The monoisotopic (exact) mass is 767 g/mol. The van der Waals surface area contributed by atoms with Crippen LogP contribution in [0.5, 0.6) is 11.5 Å². The zero-order chi connectivity index (χ0) is 39.9. The second kappa shape index (κ2) is 16.7. The summed E-state index contributed by atoms with van der Waals surface area (Å²) in [6.07, 6.45) is -1.000. The largest absolute Gasteiger partial charge is 0.425 e. The Hall–Kier alpha value is -7.82. The van der Waals surface area contributed by atoms with Gasteiger partial charge in [0.15, 0.2) is 11.4 Å². The number of nitrogens with zero attached hydrogens (tertiary/aromatic N) is 7. The molecule has 0 aliphatic carbocycles. The molecular formula is C40H33N9O8. The maximum atomic E-state index is 13.8. The Morgan fingerprint density at radius 1 is 0.860 bits per heavy atom. The van der Waals surface area contributed by atoms with Gasteiger partial charge in [-0.25, -0.2) is 19.6 Å². The fraction of sp³-hybridized carbons (Fsp3) is 0.150. The minimum atomic E-state index is -1.24. The van der Waals surface area contributed by atoms with Gasteiger partial charge in [0.2, 0.25) is 5.82 Å². The number of aromatic nitrogens is 7. The van der Waals surface area contributed by atoms with Crippen LogP contribution in [0.2, 0.25) is 0 Å². The van der Waals surface area contributed by atoms with E-state index in [2.05, 4.69) is 40.7 Å². The lowest BCUT2D eigenvalue weighted by atomic mass is 9.98. The molecule has 17 heteroatoms. The van der Waals surface area contributed by atoms with Crippen LogP contribution in [-0.2, 0) is 29.2 Å². The van der Waals surface area contributed by atoms with E-state index in [1.54, 1.807) is 50.2 Å². The highest BCUT2D eigenvalue weighted by Crippen LogP contribution is 2.31. The Balaban J connectivity index is 1.13. The average Bonchev–Trinajstić information content (AvgIpc) is 3.74. The Morgan fingerprint density at radius 3 is 2.33 bits per heavy atom. The average molecular weight is 768 g/mol. The molecule has 1 unspecified atom stereocenters. The molecule has 7 aromatic rings. The topological polar surface area (TPSA) is 219 Å². The smallest absolute Gasteiger partial charge is 0.413 e. The summed E-state index contributed by atoms with van der Waals surface area (Å²) in [6, 6.07) is 30.3. The predicted octanol–water partition coefficient (Wildman–Crippen LogP) is 5.32. The van der Waals surface area contributed by atoms with E-state index >= 15 is 0 Å². The maximum absolute atomic E-state index is 13.8. The number of carbonyl (C=O) groups is 2. The highest BCUT2D eigenvalue weighted by atomic mass is 16.9. The SMILES string of the molecule is Cc1nc(C)c2c(OC(=O)NC(Cc3ccccc3)C(=O)Oc3cccc(CO[N+](=O)[O-])c3)cc(=O)n(Cc3ccc(-c4ccccc4-c4nn[nH]n4)cc3)c2n1. The van der Waals surface area contributed by atoms with Gasteiger partial charge in [-0.05, 0) is 59.0 Å². The van der Waals surface area contributed by atoms with Gasteiger partial charge >= 0.3 is 12.1 Å². The number of nitrogens with one attached hydrogen (secondary N) is 2. The van der Waals surface area contributed by atoms with Crippen LogP contribution in [0.3, 0.4) is 0 Å². The zero-order valence-corrected chi connectivity index (χ0v) is 30.5. The summed E-state index contributed by atoms with van der Waals surface area (Å²) in [5.41, 5.74) is 4.74. The van der Waals surface area contributed by atoms with E-state index in [1.165, 1.54) is 22.8 Å². The van der Waals surface area contributed by atoms with Gasteiger partial charge in [-0.2, -0.15) is 5.21 Å². The number of hydrogen-bond donors (Lipinski definition) is 2. The number of fused-ring (bicyclic) bond motifs is 1. The molecule has 0 bridgehead atoms. The van der Waals surface area contributed by atoms with E-state index < -0.39 is 28.8 Å². The number of benzene rings is 4. The van der Waals surface area contributed by atoms with Crippen molar-refractivity contribution in [2.24, 2.45) is 0 Å². The van der Waals surface area contributed by atoms with Crippen molar-refractivity contribution in [1.29, 1.82) is 0 Å². The summed E-state index contributed by atoms with van der Waals surface area (Å²) in [4.78, 5) is 64.9. The first-order chi connectivity index (χ1) is 27.6. The number of pyridine rings is 1. The molecule has 0 saturated heterocycles. The minimum Gasteiger partial charge on any atom is -0.425 e. The highest BCUT2D eigenvalue weighted by molar-refractivity contribution is 5.89. The Bertz CT molecular complexity index is 2630. The van der Waals surface area contributed by atoms with Crippen LogP contribution in [0.25, 0.3) is 33.5 Å². The summed E-state index contributed by atoms with van der Waals surface area (Å²) >= 11 is 0. The van der Waals surface area contributed by atoms with E-state index in [9.17, 15) is 24.5 Å². The van der Waals surface area contributed by atoms with Crippen molar-refractivity contribution in [3.63, 3.8) is 0 Å². The first-order valence-corrected chi connectivity index (χ1v) is 17.5. The van der Waals surface area contributed by atoms with Gasteiger partial charge in [0, 0.05) is 18.1 Å². The molecule has 4 aromatic carbocycles. The first kappa shape index (κ1) is 37.5. The van der Waals surface area contributed by atoms with Crippen molar-refractivity contribution < 1.29 is 29.0 Å². The molecule has 3 aromatic heterocycles. The number of amides is 1. The number of hydrogen-bond acceptors (Lipinski definition) is 13. The first-order valence-electron chi connectivity index (χ1n) is 17.5. The lowest BCUT2D eigenvalue weighted by Crippen LogP contribution is -2.45. The summed E-state index contributed by atoms with van der Waals surface area (Å²) in [7, 11) is 0. The van der Waals surface area contributed by atoms with E-state index in [0.717, 1.165) is 22.3 Å². The summed E-state index contributed by atoms with van der Waals surface area (Å²) < 4.78 is 12.8. The van der Waals surface area contributed by atoms with Crippen molar-refractivity contribution in [3.8, 4) is 34.0 Å². The molecule has 57 heavy (non-hydrogen) atoms. The lowest BCUT2D eigenvalue weighted by Gasteiger charge is -2.19. The summed E-state index contributed by atoms with van der Waals surface area (Å²) in [5.74, 6) is 0.0239. The Kier molecular flexibility index (Phi) is 11.0. The van der Waals surface area contributed by atoms with Crippen molar-refractivity contribution in [2.75, 3.05) is 0 Å². The molecule has 0 saturated carbocycles. The van der Waals surface area contributed by atoms with Crippen molar-refractivity contribution >= 4 is 23.1 Å². The van der Waals surface area contributed by atoms with Crippen LogP contribution in [0.4, 0.5) is 4.79 Å². The third-order valence-corrected chi connectivity index (χ3v) is 8.84. The van der Waals surface area contributed by atoms with Gasteiger partial charge in [-0.15, -0.1) is 20.3 Å². The van der Waals surface area contributed by atoms with Gasteiger partial charge in [0.1, 0.15) is 24.2 Å².